The van der Waals surface area contributed by atoms with Crippen molar-refractivity contribution in [3.63, 3.8) is 0 Å². The summed E-state index contributed by atoms with van der Waals surface area (Å²) < 4.78 is 22.1. The number of nitrogens with two attached hydrogens (primary N) is 1. The zero-order valence-electron chi connectivity index (χ0n) is 42.6. The Balaban J connectivity index is 0.886. The molecule has 5 aromatic carbocycles. The van der Waals surface area contributed by atoms with E-state index in [2.05, 4.69) is 70.8 Å². The largest absolute Gasteiger partial charge is 0.508 e. The maximum absolute atomic E-state index is 11.7. The predicted molar refractivity (Wildman–Crippen MR) is 289 cm³/mol. The van der Waals surface area contributed by atoms with Crippen LogP contribution in [-0.4, -0.2) is 68.3 Å². The van der Waals surface area contributed by atoms with Gasteiger partial charge >= 0.3 is 0 Å². The van der Waals surface area contributed by atoms with E-state index in [0.29, 0.717) is 56.1 Å². The van der Waals surface area contributed by atoms with Crippen LogP contribution in [0.15, 0.2) is 121 Å². The molecule has 388 valence electrons. The van der Waals surface area contributed by atoms with E-state index in [-0.39, 0.29) is 47.4 Å². The van der Waals surface area contributed by atoms with E-state index < -0.39 is 12.3 Å². The van der Waals surface area contributed by atoms with E-state index in [0.717, 1.165) is 102 Å². The zero-order chi connectivity index (χ0) is 50.8. The Morgan fingerprint density at radius 2 is 1.64 bits per heavy atom. The first-order chi connectivity index (χ1) is 36.1. The second kappa shape index (κ2) is 21.6. The number of hydrogen-bond acceptors (Lipinski definition) is 10. The lowest BCUT2D eigenvalue weighted by molar-refractivity contribution is -0.00873. The molecule has 1 spiro atoms. The van der Waals surface area contributed by atoms with Gasteiger partial charge in [-0.15, -0.1) is 0 Å². The van der Waals surface area contributed by atoms with Gasteiger partial charge < -0.3 is 55.4 Å². The van der Waals surface area contributed by atoms with Crippen molar-refractivity contribution in [2.24, 2.45) is 11.7 Å². The molecule has 1 saturated heterocycles. The average Bonchev–Trinajstić information content (AvgIpc) is 4.07. The summed E-state index contributed by atoms with van der Waals surface area (Å²) in [6.07, 6.45) is 21.6. The van der Waals surface area contributed by atoms with Gasteiger partial charge in [0.1, 0.15) is 23.9 Å². The van der Waals surface area contributed by atoms with Crippen molar-refractivity contribution in [1.29, 1.82) is 0 Å². The number of phenols is 3. The van der Waals surface area contributed by atoms with E-state index in [1.807, 2.05) is 30.3 Å². The molecule has 3 aliphatic heterocycles. The third-order valence-corrected chi connectivity index (χ3v) is 17.3. The molecule has 5 aliphatic rings. The van der Waals surface area contributed by atoms with Crippen molar-refractivity contribution in [2.75, 3.05) is 19.8 Å². The molecule has 1 saturated carbocycles. The number of nitrogens with zero attached hydrogens (tertiary/aromatic N) is 1. The van der Waals surface area contributed by atoms with Gasteiger partial charge in [0.05, 0.1) is 38.2 Å². The Morgan fingerprint density at radius 3 is 2.49 bits per heavy atom. The maximum Gasteiger partial charge on any atom is 0.161 e. The van der Waals surface area contributed by atoms with Gasteiger partial charge in [0.25, 0.3) is 0 Å². The average molecular weight is 1000 g/mol. The molecule has 11 nitrogen and oxygen atoms in total. The number of aliphatic hydroxyl groups is 2. The number of dihydropyridines is 1. The molecule has 74 heavy (non-hydrogen) atoms. The molecule has 6 aromatic rings. The number of unbranched alkanes of at least 4 members (excludes halogenated alkanes) is 3. The SMILES string of the molecule is NC1C=CC2=C(N1)n1cc3cc(C45CCOCC4CC4(CCCC4)c4ccccc45)cc(c3c1)COc1cc(c(CO)cc1O)CCC(O)CC(CCCCCCc1ccc(O)c(Cc3cccc(O)c3)c1)OC2. The van der Waals surface area contributed by atoms with Crippen LogP contribution in [0.25, 0.3) is 16.6 Å². The first kappa shape index (κ1) is 50.1. The van der Waals surface area contributed by atoms with E-state index in [4.69, 9.17) is 19.9 Å². The van der Waals surface area contributed by atoms with E-state index in [9.17, 15) is 25.5 Å². The van der Waals surface area contributed by atoms with Crippen LogP contribution in [0, 0.1) is 5.92 Å². The van der Waals surface area contributed by atoms with Crippen molar-refractivity contribution < 1.29 is 39.7 Å². The second-order valence-electron chi connectivity index (χ2n) is 22.1. The van der Waals surface area contributed by atoms with Crippen LogP contribution >= 0.6 is 0 Å². The number of ether oxygens (including phenoxy) is 3. The van der Waals surface area contributed by atoms with Gasteiger partial charge in [-0.3, -0.25) is 0 Å². The maximum atomic E-state index is 11.7. The number of phenolic OH excluding ortho intramolecular Hbond substituents is 3. The normalized spacial score (nSPS) is 23.7. The molecular weight excluding hydrogens is 927 g/mol. The molecule has 8 N–H and O–H groups in total. The van der Waals surface area contributed by atoms with Gasteiger partial charge in [-0.2, -0.15) is 0 Å². The first-order valence-electron chi connectivity index (χ1n) is 27.3. The molecule has 2 fully saturated rings. The Kier molecular flexibility index (Phi) is 14.7. The highest BCUT2D eigenvalue weighted by Crippen LogP contribution is 2.60. The molecular formula is C63H73N3O8. The number of rotatable bonds is 11. The number of nitrogens with one attached hydrogen (secondary N) is 1. The Labute approximate surface area is 435 Å². The van der Waals surface area contributed by atoms with Crippen molar-refractivity contribution in [1.82, 2.24) is 9.88 Å². The monoisotopic (exact) mass is 1000 g/mol. The van der Waals surface area contributed by atoms with Crippen LogP contribution in [0.2, 0.25) is 0 Å². The number of aromatic nitrogens is 1. The summed E-state index contributed by atoms with van der Waals surface area (Å²) in [6.45, 7) is 1.69. The lowest BCUT2D eigenvalue weighted by Crippen LogP contribution is -2.51. The molecule has 4 bridgehead atoms. The lowest BCUT2D eigenvalue weighted by atomic mass is 9.51. The fourth-order valence-electron chi connectivity index (χ4n) is 13.6. The number of aryl methyl sites for hydroxylation is 2. The summed E-state index contributed by atoms with van der Waals surface area (Å²) in [4.78, 5) is 0. The molecule has 2 aliphatic carbocycles. The van der Waals surface area contributed by atoms with Crippen molar-refractivity contribution >= 4 is 16.6 Å². The van der Waals surface area contributed by atoms with Gasteiger partial charge in [-0.1, -0.05) is 92.8 Å². The topological polar surface area (TPSA) is 172 Å². The fraction of sp³-hybridized carbons (Fsp3) is 0.429. The number of fused-ring (bicyclic) bond motifs is 8. The minimum Gasteiger partial charge on any atom is -0.508 e. The quantitative estimate of drug-likeness (QED) is 0.0620. The van der Waals surface area contributed by atoms with Gasteiger partial charge in [0.2, 0.25) is 0 Å². The lowest BCUT2D eigenvalue weighted by Gasteiger charge is -2.54. The van der Waals surface area contributed by atoms with Crippen LogP contribution in [0.5, 0.6) is 23.0 Å². The third-order valence-electron chi connectivity index (χ3n) is 17.3. The van der Waals surface area contributed by atoms with E-state index in [1.165, 1.54) is 47.9 Å². The van der Waals surface area contributed by atoms with Crippen LogP contribution in [0.1, 0.15) is 134 Å². The molecule has 1 aromatic heterocycles. The summed E-state index contributed by atoms with van der Waals surface area (Å²) in [6, 6.07) is 30.5. The second-order valence-corrected chi connectivity index (χ2v) is 22.1. The molecule has 5 atom stereocenters. The smallest absolute Gasteiger partial charge is 0.161 e. The van der Waals surface area contributed by atoms with E-state index in [1.54, 1.807) is 24.3 Å². The number of benzene rings is 5. The predicted octanol–water partition coefficient (Wildman–Crippen LogP) is 10.8. The van der Waals surface area contributed by atoms with Gasteiger partial charge in [-0.05, 0) is 168 Å². The minimum atomic E-state index is -0.668. The Morgan fingerprint density at radius 1 is 0.784 bits per heavy atom. The number of aliphatic hydroxyl groups excluding tert-OH is 2. The highest BCUT2D eigenvalue weighted by atomic mass is 16.5. The summed E-state index contributed by atoms with van der Waals surface area (Å²) in [7, 11) is 0. The highest BCUT2D eigenvalue weighted by Gasteiger charge is 2.55. The molecule has 5 unspecified atom stereocenters. The molecule has 11 rings (SSSR count). The minimum absolute atomic E-state index is 0.0305. The number of aromatic hydroxyl groups is 3. The molecule has 4 heterocycles. The van der Waals surface area contributed by atoms with Crippen molar-refractivity contribution in [3.8, 4) is 23.0 Å². The summed E-state index contributed by atoms with van der Waals surface area (Å²) in [5.41, 5.74) is 17.1. The first-order valence-corrected chi connectivity index (χ1v) is 27.3. The highest BCUT2D eigenvalue weighted by molar-refractivity contribution is 5.88. The van der Waals surface area contributed by atoms with Gasteiger partial charge in [0.15, 0.2) is 11.5 Å². The van der Waals surface area contributed by atoms with Crippen molar-refractivity contribution in [2.45, 2.75) is 145 Å². The van der Waals surface area contributed by atoms with Gasteiger partial charge in [-0.25, -0.2) is 0 Å². The molecule has 0 radical (unpaired) electrons. The zero-order valence-corrected chi connectivity index (χ0v) is 42.6. The Bertz CT molecular complexity index is 3040. The van der Waals surface area contributed by atoms with Gasteiger partial charge in [0, 0.05) is 47.2 Å². The number of hydrogen-bond donors (Lipinski definition) is 7. The molecule has 0 amide bonds. The summed E-state index contributed by atoms with van der Waals surface area (Å²) >= 11 is 0. The Hall–Kier alpha value is -6.08. The summed E-state index contributed by atoms with van der Waals surface area (Å²) in [5, 5.41) is 59.8. The van der Waals surface area contributed by atoms with Crippen LogP contribution < -0.4 is 15.8 Å². The van der Waals surface area contributed by atoms with Crippen LogP contribution in [0.3, 0.4) is 0 Å². The van der Waals surface area contributed by atoms with Crippen LogP contribution in [-0.2, 0) is 52.8 Å². The standard InChI is InChI=1S/C63H73N3O8/c64-60-21-18-44-38-73-53(13-4-2-1-3-10-41-16-20-57(70)45(26-41)27-42-11-9-12-51(68)28-42)33-52(69)19-17-43-32-59(58(71)31-47(43)37-67)74-39-48-30-49(29-46-35-66(36-54(46)48)61(44)65-60)63-24-25-72-40-50(63)34-62(22-7-8-23-62)55-14-5-6-15-56(55)63/h5-6,9,11-12,14-16,18,20-21,26,28-32,35-36,50,52-53,60,65,67-71H,1-4,7-8,10,13,17,19,22-25,27,33-34,37-40,64H2. The summed E-state index contributed by atoms with van der Waals surface area (Å²) in [5.74, 6) is 1.95. The van der Waals surface area contributed by atoms with E-state index >= 15 is 0 Å². The van der Waals surface area contributed by atoms with Crippen molar-refractivity contribution in [3.05, 3.63) is 171 Å². The molecule has 11 heteroatoms. The third kappa shape index (κ3) is 10.2. The fourth-order valence-corrected chi connectivity index (χ4v) is 13.6. The van der Waals surface area contributed by atoms with Crippen LogP contribution in [0.4, 0.5) is 0 Å².